The van der Waals surface area contributed by atoms with Crippen molar-refractivity contribution in [3.05, 3.63) is 35.4 Å². The van der Waals surface area contributed by atoms with E-state index in [-0.39, 0.29) is 24.3 Å². The predicted molar refractivity (Wildman–Crippen MR) is 88.4 cm³/mol. The summed E-state index contributed by atoms with van der Waals surface area (Å²) >= 11 is 0. The molecule has 2 atom stereocenters. The summed E-state index contributed by atoms with van der Waals surface area (Å²) in [6.07, 6.45) is 0. The molecular weight excluding hydrogens is 306 g/mol. The number of aliphatic hydroxyl groups excluding tert-OH is 1. The van der Waals surface area contributed by atoms with Crippen LogP contribution in [-0.4, -0.2) is 73.4 Å². The van der Waals surface area contributed by atoms with Gasteiger partial charge in [0, 0.05) is 45.2 Å². The Kier molecular flexibility index (Phi) is 5.46. The number of nitriles is 1. The number of ether oxygens (including phenoxy) is 1. The minimum Gasteiger partial charge on any atom is -0.396 e. The zero-order valence-corrected chi connectivity index (χ0v) is 13.7. The maximum atomic E-state index is 12.8. The molecule has 2 aliphatic heterocycles. The van der Waals surface area contributed by atoms with E-state index < -0.39 is 0 Å². The van der Waals surface area contributed by atoms with Crippen molar-refractivity contribution in [2.24, 2.45) is 11.8 Å². The summed E-state index contributed by atoms with van der Waals surface area (Å²) in [5, 5.41) is 18.9. The Hall–Kier alpha value is -1.94. The van der Waals surface area contributed by atoms with Crippen molar-refractivity contribution in [2.75, 3.05) is 52.5 Å². The lowest BCUT2D eigenvalue weighted by molar-refractivity contribution is 0.0264. The van der Waals surface area contributed by atoms with E-state index in [1.807, 2.05) is 0 Å². The van der Waals surface area contributed by atoms with Gasteiger partial charge in [0.25, 0.3) is 5.91 Å². The van der Waals surface area contributed by atoms with E-state index in [1.54, 1.807) is 29.2 Å². The van der Waals surface area contributed by atoms with Gasteiger partial charge in [-0.25, -0.2) is 0 Å². The Bertz CT molecular complexity index is 622. The van der Waals surface area contributed by atoms with Gasteiger partial charge >= 0.3 is 0 Å². The quantitative estimate of drug-likeness (QED) is 0.874. The van der Waals surface area contributed by atoms with E-state index in [4.69, 9.17) is 4.74 Å². The molecule has 3 rings (SSSR count). The SMILES string of the molecule is N#Cc1ccccc1C(=O)N1C[C@@H](CN2CCOCC2)[C@@H](CO)C1. The molecule has 1 N–H and O–H groups in total. The van der Waals surface area contributed by atoms with Crippen LogP contribution in [0.2, 0.25) is 0 Å². The summed E-state index contributed by atoms with van der Waals surface area (Å²) in [7, 11) is 0. The highest BCUT2D eigenvalue weighted by Gasteiger charge is 2.36. The van der Waals surface area contributed by atoms with E-state index in [0.717, 1.165) is 32.8 Å². The smallest absolute Gasteiger partial charge is 0.255 e. The summed E-state index contributed by atoms with van der Waals surface area (Å²) in [5.41, 5.74) is 0.850. The van der Waals surface area contributed by atoms with Gasteiger partial charge in [-0.2, -0.15) is 5.26 Å². The molecule has 2 aliphatic rings. The molecule has 0 unspecified atom stereocenters. The number of carbonyl (C=O) groups is 1. The van der Waals surface area contributed by atoms with E-state index >= 15 is 0 Å². The molecule has 2 saturated heterocycles. The standard InChI is InChI=1S/C18H23N3O3/c19-9-14-3-1-2-4-17(14)18(23)21-11-15(16(12-21)13-22)10-20-5-7-24-8-6-20/h1-4,15-16,22H,5-8,10-13H2/t15-,16-/m1/s1. The molecule has 1 amide bonds. The second kappa shape index (κ2) is 7.75. The van der Waals surface area contributed by atoms with Crippen LogP contribution in [-0.2, 0) is 4.74 Å². The van der Waals surface area contributed by atoms with Crippen molar-refractivity contribution >= 4 is 5.91 Å². The molecule has 0 spiro atoms. The van der Waals surface area contributed by atoms with Crippen LogP contribution in [0.1, 0.15) is 15.9 Å². The summed E-state index contributed by atoms with van der Waals surface area (Å²) in [4.78, 5) is 16.9. The number of amides is 1. The fourth-order valence-electron chi connectivity index (χ4n) is 3.57. The Labute approximate surface area is 142 Å². The third-order valence-electron chi connectivity index (χ3n) is 4.97. The van der Waals surface area contributed by atoms with E-state index in [9.17, 15) is 15.2 Å². The zero-order valence-electron chi connectivity index (χ0n) is 13.7. The zero-order chi connectivity index (χ0) is 16.9. The fraction of sp³-hybridized carbons (Fsp3) is 0.556. The van der Waals surface area contributed by atoms with Gasteiger partial charge in [0.05, 0.1) is 30.4 Å². The lowest BCUT2D eigenvalue weighted by Gasteiger charge is -2.30. The van der Waals surface area contributed by atoms with Crippen molar-refractivity contribution in [1.29, 1.82) is 5.26 Å². The lowest BCUT2D eigenvalue weighted by atomic mass is 9.96. The molecule has 24 heavy (non-hydrogen) atoms. The fourth-order valence-corrected chi connectivity index (χ4v) is 3.57. The molecular formula is C18H23N3O3. The van der Waals surface area contributed by atoms with E-state index in [2.05, 4.69) is 11.0 Å². The molecule has 6 nitrogen and oxygen atoms in total. The van der Waals surface area contributed by atoms with Crippen molar-refractivity contribution in [3.8, 4) is 6.07 Å². The molecule has 0 aliphatic carbocycles. The van der Waals surface area contributed by atoms with Gasteiger partial charge < -0.3 is 14.7 Å². The highest BCUT2D eigenvalue weighted by Crippen LogP contribution is 2.26. The van der Waals surface area contributed by atoms with Gasteiger partial charge in [0.1, 0.15) is 0 Å². The number of rotatable bonds is 4. The Balaban J connectivity index is 1.69. The summed E-state index contributed by atoms with van der Waals surface area (Å²) in [6, 6.07) is 8.98. The van der Waals surface area contributed by atoms with Gasteiger partial charge in [-0.3, -0.25) is 9.69 Å². The van der Waals surface area contributed by atoms with Gasteiger partial charge in [0.2, 0.25) is 0 Å². The normalized spacial score (nSPS) is 24.8. The Morgan fingerprint density at radius 3 is 2.67 bits per heavy atom. The molecule has 128 valence electrons. The maximum Gasteiger partial charge on any atom is 0.255 e. The maximum absolute atomic E-state index is 12.8. The number of hydrogen-bond acceptors (Lipinski definition) is 5. The highest BCUT2D eigenvalue weighted by molar-refractivity contribution is 5.96. The van der Waals surface area contributed by atoms with Gasteiger partial charge in [0.15, 0.2) is 0 Å². The molecule has 0 aromatic heterocycles. The molecule has 2 heterocycles. The molecule has 2 fully saturated rings. The summed E-state index contributed by atoms with van der Waals surface area (Å²) in [6.45, 7) is 5.42. The average Bonchev–Trinajstić information content (AvgIpc) is 3.04. The average molecular weight is 329 g/mol. The number of likely N-dealkylation sites (tertiary alicyclic amines) is 1. The summed E-state index contributed by atoms with van der Waals surface area (Å²) < 4.78 is 5.37. The van der Waals surface area contributed by atoms with Gasteiger partial charge in [-0.15, -0.1) is 0 Å². The van der Waals surface area contributed by atoms with Gasteiger partial charge in [-0.05, 0) is 18.1 Å². The predicted octanol–water partition coefficient (Wildman–Crippen LogP) is 0.571. The minimum atomic E-state index is -0.116. The number of hydrogen-bond donors (Lipinski definition) is 1. The number of nitrogens with zero attached hydrogens (tertiary/aromatic N) is 3. The summed E-state index contributed by atoms with van der Waals surface area (Å²) in [5.74, 6) is 0.229. The van der Waals surface area contributed by atoms with Crippen molar-refractivity contribution in [3.63, 3.8) is 0 Å². The lowest BCUT2D eigenvalue weighted by Crippen LogP contribution is -2.41. The van der Waals surface area contributed by atoms with Crippen LogP contribution in [0.25, 0.3) is 0 Å². The number of carbonyl (C=O) groups excluding carboxylic acids is 1. The minimum absolute atomic E-state index is 0.0820. The number of aliphatic hydroxyl groups is 1. The number of morpholine rings is 1. The first-order chi connectivity index (χ1) is 11.7. The van der Waals surface area contributed by atoms with Crippen molar-refractivity contribution in [2.45, 2.75) is 0 Å². The molecule has 0 bridgehead atoms. The Morgan fingerprint density at radius 1 is 1.25 bits per heavy atom. The van der Waals surface area contributed by atoms with Crippen LogP contribution in [0, 0.1) is 23.2 Å². The van der Waals surface area contributed by atoms with E-state index in [1.165, 1.54) is 0 Å². The Morgan fingerprint density at radius 2 is 1.96 bits per heavy atom. The topological polar surface area (TPSA) is 76.8 Å². The first-order valence-corrected chi connectivity index (χ1v) is 8.42. The third-order valence-corrected chi connectivity index (χ3v) is 4.97. The molecule has 0 saturated carbocycles. The first kappa shape index (κ1) is 16.9. The van der Waals surface area contributed by atoms with Crippen LogP contribution in [0.3, 0.4) is 0 Å². The van der Waals surface area contributed by atoms with Gasteiger partial charge in [-0.1, -0.05) is 12.1 Å². The van der Waals surface area contributed by atoms with Crippen molar-refractivity contribution < 1.29 is 14.6 Å². The van der Waals surface area contributed by atoms with Crippen LogP contribution >= 0.6 is 0 Å². The number of benzene rings is 1. The second-order valence-corrected chi connectivity index (χ2v) is 6.48. The van der Waals surface area contributed by atoms with Crippen LogP contribution in [0.15, 0.2) is 24.3 Å². The third kappa shape index (κ3) is 3.59. The molecule has 1 aromatic rings. The second-order valence-electron chi connectivity index (χ2n) is 6.48. The first-order valence-electron chi connectivity index (χ1n) is 8.42. The molecule has 6 heteroatoms. The molecule has 0 radical (unpaired) electrons. The van der Waals surface area contributed by atoms with Crippen LogP contribution in [0.5, 0.6) is 0 Å². The largest absolute Gasteiger partial charge is 0.396 e. The monoisotopic (exact) mass is 329 g/mol. The van der Waals surface area contributed by atoms with Crippen LogP contribution < -0.4 is 0 Å². The molecule has 1 aromatic carbocycles. The van der Waals surface area contributed by atoms with E-state index in [0.29, 0.717) is 24.2 Å². The highest BCUT2D eigenvalue weighted by atomic mass is 16.5. The van der Waals surface area contributed by atoms with Crippen molar-refractivity contribution in [1.82, 2.24) is 9.80 Å². The van der Waals surface area contributed by atoms with Crippen LogP contribution in [0.4, 0.5) is 0 Å².